The smallest absolute Gasteiger partial charge is 0.308 e. The van der Waals surface area contributed by atoms with Crippen molar-refractivity contribution in [2.24, 2.45) is 0 Å². The summed E-state index contributed by atoms with van der Waals surface area (Å²) in [6, 6.07) is 9.30. The summed E-state index contributed by atoms with van der Waals surface area (Å²) in [4.78, 5) is 0. The van der Waals surface area contributed by atoms with Crippen LogP contribution in [-0.4, -0.2) is 25.1 Å². The van der Waals surface area contributed by atoms with Gasteiger partial charge in [-0.15, -0.1) is 0 Å². The molecule has 0 spiro atoms. The number of nitrogens with one attached hydrogen (secondary N) is 1. The fourth-order valence-electron chi connectivity index (χ4n) is 4.30. The topological polar surface area (TPSA) is 75.6 Å². The van der Waals surface area contributed by atoms with E-state index in [0.29, 0.717) is 0 Å². The van der Waals surface area contributed by atoms with E-state index >= 15 is 0 Å². The molecular weight excluding hydrogens is 422 g/mol. The van der Waals surface area contributed by atoms with Crippen molar-refractivity contribution in [3.05, 3.63) is 35.9 Å². The average Bonchev–Trinajstić information content (AvgIpc) is 2.72. The van der Waals surface area contributed by atoms with Crippen molar-refractivity contribution in [1.29, 1.82) is 0 Å². The Balaban J connectivity index is 2.19. The molecule has 0 radical (unpaired) electrons. The zero-order valence-corrected chi connectivity index (χ0v) is 21.5. The van der Waals surface area contributed by atoms with E-state index in [2.05, 4.69) is 12.2 Å². The zero-order chi connectivity index (χ0) is 23.7. The first-order valence-corrected chi connectivity index (χ1v) is 14.1. The second-order valence-electron chi connectivity index (χ2n) is 9.51. The lowest BCUT2D eigenvalue weighted by molar-refractivity contribution is 0.0575. The van der Waals surface area contributed by atoms with Crippen molar-refractivity contribution in [2.75, 3.05) is 6.54 Å². The Morgan fingerprint density at radius 2 is 1.25 bits per heavy atom. The van der Waals surface area contributed by atoms with Gasteiger partial charge in [0.25, 0.3) is 0 Å². The predicted molar refractivity (Wildman–Crippen MR) is 134 cm³/mol. The van der Waals surface area contributed by atoms with Crippen molar-refractivity contribution in [1.82, 2.24) is 5.32 Å². The normalized spacial score (nSPS) is 13.4. The summed E-state index contributed by atoms with van der Waals surface area (Å²) in [5, 5.41) is 3.44. The molecule has 0 fully saturated rings. The first-order chi connectivity index (χ1) is 15.3. The third-order valence-corrected chi connectivity index (χ3v) is 6.67. The molecule has 0 amide bonds. The lowest BCUT2D eigenvalue weighted by Gasteiger charge is -2.33. The van der Waals surface area contributed by atoms with Gasteiger partial charge in [0.1, 0.15) is 5.60 Å². The Labute approximate surface area is 197 Å². The van der Waals surface area contributed by atoms with Gasteiger partial charge in [0, 0.05) is 0 Å². The van der Waals surface area contributed by atoms with Gasteiger partial charge in [-0.05, 0) is 32.4 Å². The van der Waals surface area contributed by atoms with Crippen LogP contribution in [0.1, 0.15) is 122 Å². The van der Waals surface area contributed by atoms with Crippen LogP contribution in [-0.2, 0) is 14.6 Å². The van der Waals surface area contributed by atoms with E-state index in [9.17, 15) is 13.0 Å². The molecule has 0 aromatic heterocycles. The third kappa shape index (κ3) is 14.2. The summed E-state index contributed by atoms with van der Waals surface area (Å²) in [6.07, 6.45) is 18.5. The van der Waals surface area contributed by atoms with Crippen LogP contribution in [0.4, 0.5) is 0 Å². The number of hydrogen-bond acceptors (Lipinski definition) is 4. The quantitative estimate of drug-likeness (QED) is 0.154. The maximum absolute atomic E-state index is 11.3. The maximum atomic E-state index is 11.3. The van der Waals surface area contributed by atoms with E-state index in [-0.39, 0.29) is 6.04 Å². The van der Waals surface area contributed by atoms with Crippen LogP contribution in [0, 0.1) is 0 Å². The van der Waals surface area contributed by atoms with Gasteiger partial charge in [-0.3, -0.25) is 4.55 Å². The monoisotopic (exact) mass is 469 g/mol. The standard InChI is InChI=1S/C26H47NO4S/c1-4-5-6-7-8-9-10-11-12-13-14-15-16-20-23-27-25(24-21-18-17-19-22-24)26(2,3)31-32(28,29)30/h17-19,21-22,25,27H,4-16,20,23H2,1-3H3,(H,28,29,30). The molecule has 1 rings (SSSR count). The molecule has 5 nitrogen and oxygen atoms in total. The van der Waals surface area contributed by atoms with Gasteiger partial charge in [0.15, 0.2) is 0 Å². The lowest BCUT2D eigenvalue weighted by atomic mass is 9.91. The van der Waals surface area contributed by atoms with E-state index in [1.54, 1.807) is 13.8 Å². The van der Waals surface area contributed by atoms with Crippen molar-refractivity contribution < 1.29 is 17.2 Å². The van der Waals surface area contributed by atoms with Gasteiger partial charge in [0.05, 0.1) is 6.04 Å². The summed E-state index contributed by atoms with van der Waals surface area (Å²) >= 11 is 0. The third-order valence-electron chi connectivity index (χ3n) is 6.03. The summed E-state index contributed by atoms with van der Waals surface area (Å²) < 4.78 is 36.8. The Kier molecular flexibility index (Phi) is 15.1. The number of rotatable bonds is 20. The molecule has 0 saturated heterocycles. The highest BCUT2D eigenvalue weighted by Gasteiger charge is 2.35. The van der Waals surface area contributed by atoms with Gasteiger partial charge in [-0.2, -0.15) is 8.42 Å². The molecule has 6 heteroatoms. The van der Waals surface area contributed by atoms with Crippen LogP contribution >= 0.6 is 0 Å². The van der Waals surface area contributed by atoms with Crippen LogP contribution < -0.4 is 5.32 Å². The van der Waals surface area contributed by atoms with E-state index in [1.807, 2.05) is 30.3 Å². The summed E-state index contributed by atoms with van der Waals surface area (Å²) in [5.74, 6) is 0. The zero-order valence-electron chi connectivity index (χ0n) is 20.7. The van der Waals surface area contributed by atoms with Crippen LogP contribution in [0.5, 0.6) is 0 Å². The Hall–Kier alpha value is -0.950. The largest absolute Gasteiger partial charge is 0.397 e. The first kappa shape index (κ1) is 29.1. The fraction of sp³-hybridized carbons (Fsp3) is 0.769. The SMILES string of the molecule is CCCCCCCCCCCCCCCCNC(c1ccccc1)C(C)(C)OS(=O)(=O)O. The Bertz CT molecular complexity index is 676. The molecule has 0 heterocycles. The summed E-state index contributed by atoms with van der Waals surface area (Å²) in [5.41, 5.74) is -0.170. The van der Waals surface area contributed by atoms with Gasteiger partial charge in [-0.1, -0.05) is 121 Å². The number of unbranched alkanes of at least 4 members (excludes halogenated alkanes) is 13. The molecular formula is C26H47NO4S. The van der Waals surface area contributed by atoms with E-state index < -0.39 is 16.0 Å². The first-order valence-electron chi connectivity index (χ1n) is 12.7. The van der Waals surface area contributed by atoms with E-state index in [4.69, 9.17) is 4.18 Å². The van der Waals surface area contributed by atoms with Crippen molar-refractivity contribution in [2.45, 2.75) is 122 Å². The highest BCUT2D eigenvalue weighted by Crippen LogP contribution is 2.30. The van der Waals surface area contributed by atoms with Crippen LogP contribution in [0.25, 0.3) is 0 Å². The van der Waals surface area contributed by atoms with Gasteiger partial charge < -0.3 is 5.32 Å². The number of benzene rings is 1. The molecule has 0 bridgehead atoms. The molecule has 2 N–H and O–H groups in total. The van der Waals surface area contributed by atoms with Gasteiger partial charge in [-0.25, -0.2) is 4.18 Å². The van der Waals surface area contributed by atoms with E-state index in [0.717, 1.165) is 24.9 Å². The molecule has 1 aromatic rings. The molecule has 32 heavy (non-hydrogen) atoms. The molecule has 0 saturated carbocycles. The minimum absolute atomic E-state index is 0.340. The second kappa shape index (κ2) is 16.6. The molecule has 1 aromatic carbocycles. The maximum Gasteiger partial charge on any atom is 0.397 e. The van der Waals surface area contributed by atoms with Gasteiger partial charge in [0.2, 0.25) is 0 Å². The average molecular weight is 470 g/mol. The van der Waals surface area contributed by atoms with Gasteiger partial charge >= 0.3 is 10.4 Å². The van der Waals surface area contributed by atoms with Crippen molar-refractivity contribution >= 4 is 10.4 Å². The summed E-state index contributed by atoms with van der Waals surface area (Å²) in [7, 11) is -4.53. The Morgan fingerprint density at radius 3 is 1.69 bits per heavy atom. The molecule has 1 unspecified atom stereocenters. The minimum Gasteiger partial charge on any atom is -0.308 e. The Morgan fingerprint density at radius 1 is 0.812 bits per heavy atom. The van der Waals surface area contributed by atoms with Crippen LogP contribution in [0.15, 0.2) is 30.3 Å². The van der Waals surface area contributed by atoms with Crippen molar-refractivity contribution in [3.63, 3.8) is 0 Å². The minimum atomic E-state index is -4.53. The highest BCUT2D eigenvalue weighted by molar-refractivity contribution is 7.80. The summed E-state index contributed by atoms with van der Waals surface area (Å²) in [6.45, 7) is 6.39. The number of hydrogen-bond donors (Lipinski definition) is 2. The molecule has 0 aliphatic heterocycles. The predicted octanol–water partition coefficient (Wildman–Crippen LogP) is 7.40. The van der Waals surface area contributed by atoms with E-state index in [1.165, 1.54) is 77.0 Å². The molecule has 0 aliphatic carbocycles. The highest BCUT2D eigenvalue weighted by atomic mass is 32.3. The molecule has 0 aliphatic rings. The molecule has 186 valence electrons. The van der Waals surface area contributed by atoms with Crippen molar-refractivity contribution in [3.8, 4) is 0 Å². The van der Waals surface area contributed by atoms with Crippen LogP contribution in [0.3, 0.4) is 0 Å². The molecule has 1 atom stereocenters. The second-order valence-corrected chi connectivity index (χ2v) is 10.5. The lowest BCUT2D eigenvalue weighted by Crippen LogP contribution is -2.43. The van der Waals surface area contributed by atoms with Crippen LogP contribution in [0.2, 0.25) is 0 Å². The fourth-order valence-corrected chi connectivity index (χ4v) is 4.94.